The Hall–Kier alpha value is -3.02. The molecule has 0 radical (unpaired) electrons. The average Bonchev–Trinajstić information content (AvgIpc) is 3.25. The number of nitrogens with zero attached hydrogens (tertiary/aromatic N) is 3. The van der Waals surface area contributed by atoms with Crippen molar-refractivity contribution in [1.82, 2.24) is 20.5 Å². The Morgan fingerprint density at radius 2 is 1.91 bits per heavy atom. The van der Waals surface area contributed by atoms with Crippen LogP contribution in [0.25, 0.3) is 11.1 Å². The monoisotopic (exact) mass is 452 g/mol. The number of oxazole rings is 1. The van der Waals surface area contributed by atoms with Gasteiger partial charge in [-0.05, 0) is 44.2 Å². The number of rotatable bonds is 5. The number of ether oxygens (including phenoxy) is 1. The van der Waals surface area contributed by atoms with Crippen LogP contribution in [0.2, 0.25) is 0 Å². The normalized spacial score (nSPS) is 31.0. The first-order chi connectivity index (χ1) is 15.1. The van der Waals surface area contributed by atoms with E-state index >= 15 is 0 Å². The van der Waals surface area contributed by atoms with Gasteiger partial charge in [0.2, 0.25) is 11.8 Å². The Morgan fingerprint density at radius 3 is 2.62 bits per heavy atom. The first-order valence-corrected chi connectivity index (χ1v) is 10.1. The molecule has 32 heavy (non-hydrogen) atoms. The second-order valence-electron chi connectivity index (χ2n) is 8.98. The van der Waals surface area contributed by atoms with Crippen molar-refractivity contribution < 1.29 is 35.9 Å². The molecule has 1 aromatic carbocycles. The van der Waals surface area contributed by atoms with Crippen LogP contribution in [0, 0.1) is 5.82 Å². The summed E-state index contributed by atoms with van der Waals surface area (Å²) in [5, 5.41) is 11.0. The third-order valence-corrected chi connectivity index (χ3v) is 6.59. The molecule has 0 spiro atoms. The van der Waals surface area contributed by atoms with Crippen molar-refractivity contribution in [2.45, 2.75) is 61.4 Å². The van der Waals surface area contributed by atoms with Crippen molar-refractivity contribution in [2.75, 3.05) is 0 Å². The fourth-order valence-corrected chi connectivity index (χ4v) is 5.11. The van der Waals surface area contributed by atoms with Gasteiger partial charge in [0.15, 0.2) is 5.58 Å². The maximum atomic E-state index is 13.3. The second-order valence-corrected chi connectivity index (χ2v) is 8.98. The molecule has 2 bridgehead atoms. The Bertz CT molecular complexity index is 1210. The molecule has 7 rings (SSSR count). The number of nitrogens with one attached hydrogen (secondary N) is 1. The van der Waals surface area contributed by atoms with E-state index in [1.807, 2.05) is 0 Å². The SMILES string of the molecule is O=C(NC12CC(c3nnc(C4CC(OC(F)(F)F)C4)o3)(C1)C2)c1nc2cc(F)ccc2o1. The first kappa shape index (κ1) is 19.6. The average molecular weight is 452 g/mol. The van der Waals surface area contributed by atoms with Gasteiger partial charge in [-0.15, -0.1) is 23.4 Å². The van der Waals surface area contributed by atoms with Crippen LogP contribution in [0.5, 0.6) is 0 Å². The van der Waals surface area contributed by atoms with Gasteiger partial charge in [0, 0.05) is 17.5 Å². The number of carbonyl (C=O) groups is 1. The summed E-state index contributed by atoms with van der Waals surface area (Å²) < 4.78 is 65.2. The van der Waals surface area contributed by atoms with Crippen LogP contribution in [0.3, 0.4) is 0 Å². The van der Waals surface area contributed by atoms with Crippen molar-refractivity contribution in [1.29, 1.82) is 0 Å². The lowest BCUT2D eigenvalue weighted by molar-refractivity contribution is -0.352. The number of hydrogen-bond acceptors (Lipinski definition) is 7. The molecular weight excluding hydrogens is 436 g/mol. The van der Waals surface area contributed by atoms with E-state index in [4.69, 9.17) is 8.83 Å². The molecular formula is C20H16F4N4O4. The van der Waals surface area contributed by atoms with E-state index in [-0.39, 0.29) is 35.6 Å². The highest BCUT2D eigenvalue weighted by molar-refractivity contribution is 5.93. The van der Waals surface area contributed by atoms with Crippen molar-refractivity contribution in [3.05, 3.63) is 41.7 Å². The van der Waals surface area contributed by atoms with Gasteiger partial charge in [0.25, 0.3) is 5.89 Å². The van der Waals surface area contributed by atoms with Gasteiger partial charge in [-0.25, -0.2) is 9.37 Å². The Balaban J connectivity index is 1.06. The molecule has 4 saturated carbocycles. The molecule has 0 atom stereocenters. The van der Waals surface area contributed by atoms with Crippen molar-refractivity contribution >= 4 is 17.0 Å². The Labute approximate surface area is 177 Å². The van der Waals surface area contributed by atoms with Crippen LogP contribution >= 0.6 is 0 Å². The highest BCUT2D eigenvalue weighted by atomic mass is 19.4. The summed E-state index contributed by atoms with van der Waals surface area (Å²) in [6.07, 6.45) is -3.35. The number of halogens is 4. The lowest BCUT2D eigenvalue weighted by Crippen LogP contribution is -2.76. The molecule has 3 aromatic rings. The van der Waals surface area contributed by atoms with Crippen LogP contribution in [0.4, 0.5) is 17.6 Å². The zero-order valence-electron chi connectivity index (χ0n) is 16.4. The van der Waals surface area contributed by atoms with Gasteiger partial charge in [-0.2, -0.15) is 0 Å². The van der Waals surface area contributed by atoms with Gasteiger partial charge >= 0.3 is 12.3 Å². The zero-order valence-corrected chi connectivity index (χ0v) is 16.4. The number of carbonyl (C=O) groups excluding carboxylic acids is 1. The summed E-state index contributed by atoms with van der Waals surface area (Å²) in [6.45, 7) is 0. The van der Waals surface area contributed by atoms with Gasteiger partial charge in [-0.1, -0.05) is 0 Å². The molecule has 4 aliphatic carbocycles. The van der Waals surface area contributed by atoms with Crippen molar-refractivity contribution in [2.24, 2.45) is 0 Å². The number of alkyl halides is 3. The standard InChI is InChI=1S/C20H16F4N4O4/c21-10-1-2-13-12(5-10)25-16(30-13)14(29)26-19-6-18(7-19,8-19)17-28-27-15(31-17)9-3-11(4-9)32-20(22,23)24/h1-2,5,9,11H,3-4,6-8H2,(H,26,29). The smallest absolute Gasteiger partial charge is 0.432 e. The molecule has 0 unspecified atom stereocenters. The molecule has 4 aliphatic rings. The summed E-state index contributed by atoms with van der Waals surface area (Å²) in [5.41, 5.74) is -0.154. The minimum absolute atomic E-state index is 0.134. The minimum atomic E-state index is -4.64. The predicted octanol–water partition coefficient (Wildman–Crippen LogP) is 3.74. The Kier molecular flexibility index (Phi) is 3.85. The van der Waals surface area contributed by atoms with Gasteiger partial charge in [0.1, 0.15) is 11.3 Å². The number of aromatic nitrogens is 3. The van der Waals surface area contributed by atoms with Crippen molar-refractivity contribution in [3.8, 4) is 0 Å². The molecule has 12 heteroatoms. The van der Waals surface area contributed by atoms with E-state index in [2.05, 4.69) is 25.2 Å². The largest absolute Gasteiger partial charge is 0.522 e. The van der Waals surface area contributed by atoms with Crippen molar-refractivity contribution in [3.63, 3.8) is 0 Å². The van der Waals surface area contributed by atoms with Crippen LogP contribution < -0.4 is 5.32 Å². The first-order valence-electron chi connectivity index (χ1n) is 10.1. The molecule has 168 valence electrons. The van der Waals surface area contributed by atoms with Crippen LogP contribution in [0.15, 0.2) is 27.0 Å². The summed E-state index contributed by atoms with van der Waals surface area (Å²) in [7, 11) is 0. The molecule has 2 heterocycles. The lowest BCUT2D eigenvalue weighted by atomic mass is 9.39. The van der Waals surface area contributed by atoms with E-state index in [0.717, 1.165) is 0 Å². The Morgan fingerprint density at radius 1 is 1.16 bits per heavy atom. The molecule has 0 aliphatic heterocycles. The van der Waals surface area contributed by atoms with Crippen LogP contribution in [-0.2, 0) is 10.2 Å². The molecule has 8 nitrogen and oxygen atoms in total. The zero-order chi connectivity index (χ0) is 22.3. The van der Waals surface area contributed by atoms with Crippen LogP contribution in [0.1, 0.15) is 60.5 Å². The van der Waals surface area contributed by atoms with E-state index in [1.165, 1.54) is 18.2 Å². The number of fused-ring (bicyclic) bond motifs is 1. The fourth-order valence-electron chi connectivity index (χ4n) is 5.11. The van der Waals surface area contributed by atoms with Gasteiger partial charge in [-0.3, -0.25) is 9.53 Å². The van der Waals surface area contributed by atoms with E-state index in [0.29, 0.717) is 36.6 Å². The van der Waals surface area contributed by atoms with E-state index in [9.17, 15) is 22.4 Å². The van der Waals surface area contributed by atoms with E-state index in [1.54, 1.807) is 0 Å². The highest BCUT2D eigenvalue weighted by Crippen LogP contribution is 2.67. The van der Waals surface area contributed by atoms with Crippen LogP contribution in [-0.4, -0.2) is 39.1 Å². The summed E-state index contributed by atoms with van der Waals surface area (Å²) in [6, 6.07) is 3.83. The fraction of sp³-hybridized carbons (Fsp3) is 0.500. The maximum absolute atomic E-state index is 13.3. The topological polar surface area (TPSA) is 103 Å². The molecule has 4 fully saturated rings. The third kappa shape index (κ3) is 3.07. The van der Waals surface area contributed by atoms with E-state index < -0.39 is 29.7 Å². The molecule has 0 saturated heterocycles. The quantitative estimate of drug-likeness (QED) is 0.589. The number of amides is 1. The highest BCUT2D eigenvalue weighted by Gasteiger charge is 2.72. The maximum Gasteiger partial charge on any atom is 0.522 e. The minimum Gasteiger partial charge on any atom is -0.432 e. The molecule has 1 amide bonds. The predicted molar refractivity (Wildman–Crippen MR) is 96.9 cm³/mol. The third-order valence-electron chi connectivity index (χ3n) is 6.59. The molecule has 2 aromatic heterocycles. The summed E-state index contributed by atoms with van der Waals surface area (Å²) in [5.74, 6) is -0.557. The summed E-state index contributed by atoms with van der Waals surface area (Å²) >= 11 is 0. The number of hydrogen-bond donors (Lipinski definition) is 1. The lowest BCUT2D eigenvalue weighted by Gasteiger charge is -2.68. The number of benzene rings is 1. The van der Waals surface area contributed by atoms with Gasteiger partial charge in [0.05, 0.1) is 11.5 Å². The second kappa shape index (κ2) is 6.27. The summed E-state index contributed by atoms with van der Waals surface area (Å²) in [4.78, 5) is 16.6. The molecule has 1 N–H and O–H groups in total. The van der Waals surface area contributed by atoms with Gasteiger partial charge < -0.3 is 14.2 Å².